The van der Waals surface area contributed by atoms with Crippen molar-refractivity contribution in [2.24, 2.45) is 11.8 Å². The molecule has 0 radical (unpaired) electrons. The number of fused-ring (bicyclic) bond motifs is 1. The van der Waals surface area contributed by atoms with Gasteiger partial charge in [-0.2, -0.15) is 0 Å². The highest BCUT2D eigenvalue weighted by molar-refractivity contribution is 6.05. The van der Waals surface area contributed by atoms with Crippen LogP contribution in [0.3, 0.4) is 0 Å². The van der Waals surface area contributed by atoms with Gasteiger partial charge in [0, 0.05) is 0 Å². The lowest BCUT2D eigenvalue weighted by Crippen LogP contribution is -2.40. The van der Waals surface area contributed by atoms with Gasteiger partial charge in [0.15, 0.2) is 0 Å². The van der Waals surface area contributed by atoms with Gasteiger partial charge in [0.25, 0.3) is 0 Å². The molecule has 1 aliphatic carbocycles. The first kappa shape index (κ1) is 16.8. The Morgan fingerprint density at radius 3 is 2.17 bits per heavy atom. The summed E-state index contributed by atoms with van der Waals surface area (Å²) in [6.45, 7) is 0.0273. The third kappa shape index (κ3) is 3.38. The maximum absolute atomic E-state index is 12.4. The quantitative estimate of drug-likeness (QED) is 0.801. The zero-order chi connectivity index (χ0) is 17.1. The van der Waals surface area contributed by atoms with Crippen molar-refractivity contribution in [2.75, 3.05) is 20.3 Å². The molecule has 24 heavy (non-hydrogen) atoms. The number of methoxy groups -OCH3 is 1. The van der Waals surface area contributed by atoms with Gasteiger partial charge in [-0.05, 0) is 37.1 Å². The number of ether oxygens (including phenoxy) is 2. The Kier molecular flexibility index (Phi) is 5.04. The zero-order valence-corrected chi connectivity index (χ0v) is 13.8. The highest BCUT2D eigenvalue weighted by atomic mass is 16.5. The summed E-state index contributed by atoms with van der Waals surface area (Å²) < 4.78 is 10.6. The van der Waals surface area contributed by atoms with Crippen LogP contribution in [0.1, 0.15) is 25.7 Å². The van der Waals surface area contributed by atoms with Gasteiger partial charge in [-0.15, -0.1) is 0 Å². The fraction of sp³-hybridized carbons (Fsp3) is 0.556. The number of likely N-dealkylation sites (tertiary alicyclic amines) is 1. The Hall–Kier alpha value is -2.08. The Labute approximate surface area is 141 Å². The van der Waals surface area contributed by atoms with Crippen LogP contribution in [0, 0.1) is 11.8 Å². The number of aliphatic hydroxyl groups excluding tert-OH is 1. The lowest BCUT2D eigenvalue weighted by Gasteiger charge is -2.19. The van der Waals surface area contributed by atoms with Gasteiger partial charge >= 0.3 is 0 Å². The topological polar surface area (TPSA) is 76.1 Å². The zero-order valence-electron chi connectivity index (χ0n) is 13.8. The van der Waals surface area contributed by atoms with E-state index in [4.69, 9.17) is 9.47 Å². The van der Waals surface area contributed by atoms with Crippen LogP contribution in [0.25, 0.3) is 0 Å². The number of carbonyl (C=O) groups is 2. The van der Waals surface area contributed by atoms with Crippen molar-refractivity contribution in [3.05, 3.63) is 24.3 Å². The molecule has 1 aliphatic heterocycles. The molecule has 0 bridgehead atoms. The molecule has 1 N–H and O–H groups in total. The number of benzene rings is 1. The second kappa shape index (κ2) is 7.21. The smallest absolute Gasteiger partial charge is 0.233 e. The number of hydrogen-bond donors (Lipinski definition) is 1. The molecule has 1 aromatic rings. The van der Waals surface area contributed by atoms with Gasteiger partial charge in [0.2, 0.25) is 11.8 Å². The van der Waals surface area contributed by atoms with Gasteiger partial charge in [-0.3, -0.25) is 14.5 Å². The Bertz CT molecular complexity index is 576. The van der Waals surface area contributed by atoms with Gasteiger partial charge in [-0.25, -0.2) is 0 Å². The molecular formula is C18H23NO5. The minimum absolute atomic E-state index is 0.000815. The van der Waals surface area contributed by atoms with E-state index in [2.05, 4.69) is 0 Å². The fourth-order valence-corrected chi connectivity index (χ4v) is 3.54. The molecular weight excluding hydrogens is 310 g/mol. The second-order valence-corrected chi connectivity index (χ2v) is 6.42. The van der Waals surface area contributed by atoms with Crippen molar-refractivity contribution in [3.8, 4) is 11.5 Å². The Balaban J connectivity index is 1.53. The number of amides is 2. The molecule has 1 saturated carbocycles. The van der Waals surface area contributed by atoms with Gasteiger partial charge in [0.1, 0.15) is 24.2 Å². The van der Waals surface area contributed by atoms with E-state index in [-0.39, 0.29) is 36.8 Å². The van der Waals surface area contributed by atoms with Gasteiger partial charge in [-0.1, -0.05) is 12.8 Å². The van der Waals surface area contributed by atoms with Crippen molar-refractivity contribution in [3.63, 3.8) is 0 Å². The molecule has 2 amide bonds. The summed E-state index contributed by atoms with van der Waals surface area (Å²) in [6.07, 6.45) is 2.66. The fourth-order valence-electron chi connectivity index (χ4n) is 3.54. The van der Waals surface area contributed by atoms with Gasteiger partial charge in [0.05, 0.1) is 25.5 Å². The third-order valence-corrected chi connectivity index (χ3v) is 4.83. The number of imide groups is 1. The minimum atomic E-state index is -0.903. The monoisotopic (exact) mass is 333 g/mol. The SMILES string of the molecule is COc1ccc(OC[C@@H](O)CN2C(=O)[C@H]3CCCC[C@H]3C2=O)cc1. The number of carbonyl (C=O) groups excluding carboxylic acids is 2. The van der Waals surface area contributed by atoms with E-state index >= 15 is 0 Å². The molecule has 0 aromatic heterocycles. The average Bonchev–Trinajstić information content (AvgIpc) is 2.86. The number of nitrogens with zero attached hydrogens (tertiary/aromatic N) is 1. The molecule has 0 unspecified atom stereocenters. The first-order valence-corrected chi connectivity index (χ1v) is 8.40. The maximum Gasteiger partial charge on any atom is 0.233 e. The molecule has 6 heteroatoms. The minimum Gasteiger partial charge on any atom is -0.497 e. The van der Waals surface area contributed by atoms with E-state index in [0.29, 0.717) is 5.75 Å². The van der Waals surface area contributed by atoms with Crippen LogP contribution in [-0.4, -0.2) is 48.2 Å². The van der Waals surface area contributed by atoms with Crippen LogP contribution in [0.4, 0.5) is 0 Å². The van der Waals surface area contributed by atoms with E-state index in [0.717, 1.165) is 31.4 Å². The van der Waals surface area contributed by atoms with E-state index in [1.165, 1.54) is 4.90 Å². The van der Waals surface area contributed by atoms with Crippen LogP contribution in [0.5, 0.6) is 11.5 Å². The highest BCUT2D eigenvalue weighted by Crippen LogP contribution is 2.37. The van der Waals surface area contributed by atoms with Crippen LogP contribution in [0.15, 0.2) is 24.3 Å². The van der Waals surface area contributed by atoms with Crippen molar-refractivity contribution < 1.29 is 24.2 Å². The lowest BCUT2D eigenvalue weighted by molar-refractivity contribution is -0.141. The molecule has 2 aliphatic rings. The number of hydrogen-bond acceptors (Lipinski definition) is 5. The van der Waals surface area contributed by atoms with Crippen molar-refractivity contribution in [2.45, 2.75) is 31.8 Å². The lowest BCUT2D eigenvalue weighted by atomic mass is 9.81. The highest BCUT2D eigenvalue weighted by Gasteiger charge is 2.48. The van der Waals surface area contributed by atoms with Crippen molar-refractivity contribution in [1.29, 1.82) is 0 Å². The second-order valence-electron chi connectivity index (χ2n) is 6.42. The van der Waals surface area contributed by atoms with Crippen LogP contribution in [-0.2, 0) is 9.59 Å². The molecule has 3 rings (SSSR count). The number of rotatable bonds is 6. The predicted molar refractivity (Wildman–Crippen MR) is 86.7 cm³/mol. The van der Waals surface area contributed by atoms with Gasteiger partial charge < -0.3 is 14.6 Å². The summed E-state index contributed by atoms with van der Waals surface area (Å²) in [6, 6.07) is 7.01. The molecule has 2 fully saturated rings. The molecule has 1 heterocycles. The van der Waals surface area contributed by atoms with Crippen LogP contribution >= 0.6 is 0 Å². The first-order chi connectivity index (χ1) is 11.6. The Morgan fingerprint density at radius 2 is 1.62 bits per heavy atom. The summed E-state index contributed by atoms with van der Waals surface area (Å²) in [7, 11) is 1.58. The summed E-state index contributed by atoms with van der Waals surface area (Å²) in [5.74, 6) is 0.699. The molecule has 1 aromatic carbocycles. The van der Waals surface area contributed by atoms with Crippen LogP contribution < -0.4 is 9.47 Å². The van der Waals surface area contributed by atoms with Crippen molar-refractivity contribution >= 4 is 11.8 Å². The molecule has 3 atom stereocenters. The molecule has 1 saturated heterocycles. The van der Waals surface area contributed by atoms with Crippen molar-refractivity contribution in [1.82, 2.24) is 4.90 Å². The maximum atomic E-state index is 12.4. The van der Waals surface area contributed by atoms with E-state index in [1.807, 2.05) is 0 Å². The predicted octanol–water partition coefficient (Wildman–Crippen LogP) is 1.61. The average molecular weight is 333 g/mol. The van der Waals surface area contributed by atoms with E-state index in [1.54, 1.807) is 31.4 Å². The van der Waals surface area contributed by atoms with E-state index < -0.39 is 6.10 Å². The first-order valence-electron chi connectivity index (χ1n) is 8.40. The molecule has 130 valence electrons. The molecule has 6 nitrogen and oxygen atoms in total. The standard InChI is InChI=1S/C18H23NO5/c1-23-13-6-8-14(9-7-13)24-11-12(20)10-19-17(21)15-4-2-3-5-16(15)18(19)22/h6-9,12,15-16,20H,2-5,10-11H2,1H3/t12-,15-,16+/m0/s1. The number of β-amino-alcohol motifs (C(OH)–C–C–N with tert-alkyl or cyclic N) is 1. The number of aliphatic hydroxyl groups is 1. The summed E-state index contributed by atoms with van der Waals surface area (Å²) in [4.78, 5) is 26.0. The summed E-state index contributed by atoms with van der Waals surface area (Å²) >= 11 is 0. The Morgan fingerprint density at radius 1 is 1.08 bits per heavy atom. The third-order valence-electron chi connectivity index (χ3n) is 4.83. The normalized spacial score (nSPS) is 24.7. The molecule has 0 spiro atoms. The summed E-state index contributed by atoms with van der Waals surface area (Å²) in [5, 5.41) is 10.1. The largest absolute Gasteiger partial charge is 0.497 e. The summed E-state index contributed by atoms with van der Waals surface area (Å²) in [5.41, 5.74) is 0. The van der Waals surface area contributed by atoms with Crippen LogP contribution in [0.2, 0.25) is 0 Å². The van der Waals surface area contributed by atoms with E-state index in [9.17, 15) is 14.7 Å².